The third-order valence-electron chi connectivity index (χ3n) is 5.38. The van der Waals surface area contributed by atoms with Crippen molar-refractivity contribution in [2.45, 2.75) is 39.2 Å². The van der Waals surface area contributed by atoms with Gasteiger partial charge < -0.3 is 14.0 Å². The Hall–Kier alpha value is -3.68. The lowest BCUT2D eigenvalue weighted by atomic mass is 10.2. The molecule has 158 valence electrons. The fraction of sp³-hybridized carbons (Fsp3) is 0.304. The number of anilines is 1. The van der Waals surface area contributed by atoms with Crippen LogP contribution < -0.4 is 14.9 Å². The number of ether oxygens (including phenoxy) is 2. The number of hydrogen-bond donors (Lipinski definition) is 1. The molecule has 0 fully saturated rings. The fourth-order valence-electron chi connectivity index (χ4n) is 3.83. The number of nitrogens with one attached hydrogen (secondary N) is 1. The van der Waals surface area contributed by atoms with E-state index in [2.05, 4.69) is 44.3 Å². The van der Waals surface area contributed by atoms with E-state index >= 15 is 0 Å². The van der Waals surface area contributed by atoms with E-state index in [9.17, 15) is 0 Å². The summed E-state index contributed by atoms with van der Waals surface area (Å²) in [4.78, 5) is 4.72. The van der Waals surface area contributed by atoms with Crippen LogP contribution in [0.1, 0.15) is 38.2 Å². The van der Waals surface area contributed by atoms with Crippen molar-refractivity contribution in [2.75, 3.05) is 12.2 Å². The Morgan fingerprint density at radius 3 is 2.90 bits per heavy atom. The molecular weight excluding hydrogens is 392 g/mol. The summed E-state index contributed by atoms with van der Waals surface area (Å²) < 4.78 is 13.0. The molecule has 0 bridgehead atoms. The molecule has 2 aromatic heterocycles. The van der Waals surface area contributed by atoms with Crippen molar-refractivity contribution in [3.05, 3.63) is 48.0 Å². The number of rotatable bonds is 8. The Bertz CT molecular complexity index is 1250. The second-order valence-corrected chi connectivity index (χ2v) is 7.52. The summed E-state index contributed by atoms with van der Waals surface area (Å²) in [5.41, 5.74) is 6.56. The molecule has 5 rings (SSSR count). The monoisotopic (exact) mass is 416 g/mol. The highest BCUT2D eigenvalue weighted by Gasteiger charge is 2.15. The van der Waals surface area contributed by atoms with Crippen LogP contribution in [0.25, 0.3) is 22.1 Å². The number of benzene rings is 2. The van der Waals surface area contributed by atoms with Crippen molar-refractivity contribution in [3.8, 4) is 11.5 Å². The van der Waals surface area contributed by atoms with Gasteiger partial charge in [0.25, 0.3) is 5.95 Å². The molecule has 0 aliphatic carbocycles. The topological polar surface area (TPSA) is 86.5 Å². The summed E-state index contributed by atoms with van der Waals surface area (Å²) in [7, 11) is 0. The highest BCUT2D eigenvalue weighted by Crippen LogP contribution is 2.32. The Morgan fingerprint density at radius 1 is 1.06 bits per heavy atom. The van der Waals surface area contributed by atoms with Gasteiger partial charge >= 0.3 is 0 Å². The first-order valence-electron chi connectivity index (χ1n) is 10.6. The molecule has 4 aromatic rings. The van der Waals surface area contributed by atoms with Crippen LogP contribution in [0.15, 0.2) is 47.6 Å². The Labute approximate surface area is 179 Å². The number of para-hydroxylation sites is 1. The largest absolute Gasteiger partial charge is 0.454 e. The van der Waals surface area contributed by atoms with Crippen LogP contribution in [0.4, 0.5) is 5.95 Å². The van der Waals surface area contributed by atoms with Gasteiger partial charge in [-0.15, -0.1) is 10.2 Å². The second-order valence-electron chi connectivity index (χ2n) is 7.52. The molecule has 0 radical (unpaired) electrons. The Kier molecular flexibility index (Phi) is 5.35. The van der Waals surface area contributed by atoms with Crippen molar-refractivity contribution in [3.63, 3.8) is 0 Å². The number of fused-ring (bicyclic) bond motifs is 4. The van der Waals surface area contributed by atoms with Crippen molar-refractivity contribution in [1.29, 1.82) is 0 Å². The number of hydrogen-bond acceptors (Lipinski definition) is 7. The van der Waals surface area contributed by atoms with Crippen molar-refractivity contribution in [2.24, 2.45) is 5.10 Å². The molecule has 0 saturated carbocycles. The van der Waals surface area contributed by atoms with Gasteiger partial charge in [0.15, 0.2) is 17.1 Å². The molecule has 1 N–H and O–H groups in total. The molecule has 8 heteroatoms. The van der Waals surface area contributed by atoms with Crippen LogP contribution in [-0.2, 0) is 6.54 Å². The third-order valence-corrected chi connectivity index (χ3v) is 5.38. The third kappa shape index (κ3) is 3.88. The maximum Gasteiger partial charge on any atom is 0.265 e. The van der Waals surface area contributed by atoms with E-state index in [0.717, 1.165) is 52.1 Å². The molecular formula is C23H24N6O2. The van der Waals surface area contributed by atoms with Gasteiger partial charge in [0.2, 0.25) is 6.79 Å². The smallest absolute Gasteiger partial charge is 0.265 e. The van der Waals surface area contributed by atoms with Crippen molar-refractivity contribution in [1.82, 2.24) is 19.7 Å². The molecule has 0 amide bonds. The Balaban J connectivity index is 1.40. The molecule has 1 aliphatic rings. The number of nitrogens with zero attached hydrogens (tertiary/aromatic N) is 5. The zero-order valence-electron chi connectivity index (χ0n) is 17.4. The predicted octanol–water partition coefficient (Wildman–Crippen LogP) is 4.73. The summed E-state index contributed by atoms with van der Waals surface area (Å²) in [6.07, 6.45) is 6.46. The lowest BCUT2D eigenvalue weighted by molar-refractivity contribution is 0.174. The lowest BCUT2D eigenvalue weighted by Crippen LogP contribution is -2.03. The van der Waals surface area contributed by atoms with Crippen LogP contribution in [0.2, 0.25) is 0 Å². The average molecular weight is 416 g/mol. The molecule has 0 unspecified atom stereocenters. The van der Waals surface area contributed by atoms with E-state index < -0.39 is 0 Å². The highest BCUT2D eigenvalue weighted by molar-refractivity contribution is 6.04. The number of aromatic nitrogens is 4. The SMILES string of the molecule is CCCCCCn1c2ccccc2c2nnc(N/N=C/c3ccc4c(c3)OCO4)nc21. The first-order chi connectivity index (χ1) is 15.3. The average Bonchev–Trinajstić information content (AvgIpc) is 3.39. The fourth-order valence-corrected chi connectivity index (χ4v) is 3.83. The standard InChI is InChI=1S/C23H24N6O2/c1-2-3-4-7-12-29-18-9-6-5-8-17(18)21-22(29)25-23(28-26-21)27-24-14-16-10-11-19-20(13-16)31-15-30-19/h5-6,8-11,13-14H,2-4,7,12,15H2,1H3,(H,25,27,28)/b24-14+. The highest BCUT2D eigenvalue weighted by atomic mass is 16.7. The molecule has 1 aliphatic heterocycles. The quantitative estimate of drug-likeness (QED) is 0.254. The summed E-state index contributed by atoms with van der Waals surface area (Å²) in [5, 5.41) is 14.0. The minimum absolute atomic E-state index is 0.250. The normalized spacial score (nSPS) is 12.9. The minimum Gasteiger partial charge on any atom is -0.454 e. The van der Waals surface area contributed by atoms with Gasteiger partial charge in [0.1, 0.15) is 5.52 Å². The van der Waals surface area contributed by atoms with Gasteiger partial charge in [0.05, 0.1) is 11.7 Å². The van der Waals surface area contributed by atoms with Crippen LogP contribution >= 0.6 is 0 Å². The van der Waals surface area contributed by atoms with Crippen LogP contribution in [0.3, 0.4) is 0 Å². The van der Waals surface area contributed by atoms with Crippen LogP contribution in [-0.4, -0.2) is 32.8 Å². The minimum atomic E-state index is 0.250. The summed E-state index contributed by atoms with van der Waals surface area (Å²) in [6.45, 7) is 3.38. The van der Waals surface area contributed by atoms with Crippen molar-refractivity contribution >= 4 is 34.2 Å². The van der Waals surface area contributed by atoms with E-state index in [1.165, 1.54) is 19.3 Å². The van der Waals surface area contributed by atoms with Gasteiger partial charge in [-0.1, -0.05) is 44.4 Å². The van der Waals surface area contributed by atoms with E-state index in [1.807, 2.05) is 30.3 Å². The van der Waals surface area contributed by atoms with E-state index in [0.29, 0.717) is 5.95 Å². The van der Waals surface area contributed by atoms with Gasteiger partial charge in [-0.25, -0.2) is 5.43 Å². The van der Waals surface area contributed by atoms with Gasteiger partial charge in [-0.2, -0.15) is 10.1 Å². The first-order valence-corrected chi connectivity index (χ1v) is 10.6. The van der Waals surface area contributed by atoms with Crippen molar-refractivity contribution < 1.29 is 9.47 Å². The predicted molar refractivity (Wildman–Crippen MR) is 121 cm³/mol. The van der Waals surface area contributed by atoms with E-state index in [-0.39, 0.29) is 6.79 Å². The zero-order valence-corrected chi connectivity index (χ0v) is 17.4. The summed E-state index contributed by atoms with van der Waals surface area (Å²) in [6, 6.07) is 13.9. The molecule has 3 heterocycles. The van der Waals surface area contributed by atoms with Crippen LogP contribution in [0, 0.1) is 0 Å². The molecule has 31 heavy (non-hydrogen) atoms. The maximum absolute atomic E-state index is 5.40. The summed E-state index contributed by atoms with van der Waals surface area (Å²) >= 11 is 0. The van der Waals surface area contributed by atoms with E-state index in [1.54, 1.807) is 6.21 Å². The number of aryl methyl sites for hydroxylation is 1. The van der Waals surface area contributed by atoms with E-state index in [4.69, 9.17) is 14.5 Å². The van der Waals surface area contributed by atoms with Crippen LogP contribution in [0.5, 0.6) is 11.5 Å². The van der Waals surface area contributed by atoms with Gasteiger partial charge in [0, 0.05) is 11.9 Å². The van der Waals surface area contributed by atoms with Gasteiger partial charge in [-0.3, -0.25) is 0 Å². The number of hydrazone groups is 1. The molecule has 2 aromatic carbocycles. The molecule has 0 spiro atoms. The van der Waals surface area contributed by atoms with Gasteiger partial charge in [-0.05, 0) is 36.2 Å². The molecule has 8 nitrogen and oxygen atoms in total. The summed E-state index contributed by atoms with van der Waals surface area (Å²) in [5.74, 6) is 1.83. The Morgan fingerprint density at radius 2 is 1.97 bits per heavy atom. The zero-order chi connectivity index (χ0) is 21.0. The molecule has 0 saturated heterocycles. The maximum atomic E-state index is 5.40. The number of unbranched alkanes of at least 4 members (excludes halogenated alkanes) is 3. The lowest BCUT2D eigenvalue weighted by Gasteiger charge is -2.06. The first kappa shape index (κ1) is 19.3. The molecule has 0 atom stereocenters. The second kappa shape index (κ2) is 8.59.